The standard InChI is InChI=1S/C21H19N3O3/c1-14-20(25)23-17-12-16(9-10-19(17)27-14)22-21(26)18-8-5-11-24(18)13-15-6-3-2-4-7-15/h2-12,14H,13H2,1H3,(H,22,26)(H,23,25). The molecule has 1 aliphatic rings. The summed E-state index contributed by atoms with van der Waals surface area (Å²) >= 11 is 0. The van der Waals surface area contributed by atoms with Crippen LogP contribution < -0.4 is 15.4 Å². The first kappa shape index (κ1) is 16.9. The Hall–Kier alpha value is -3.54. The van der Waals surface area contributed by atoms with Crippen LogP contribution in [0.2, 0.25) is 0 Å². The van der Waals surface area contributed by atoms with E-state index in [1.807, 2.05) is 47.2 Å². The summed E-state index contributed by atoms with van der Waals surface area (Å²) in [5, 5.41) is 5.66. The molecule has 1 unspecified atom stereocenters. The number of aromatic nitrogens is 1. The second kappa shape index (κ2) is 6.99. The van der Waals surface area contributed by atoms with E-state index < -0.39 is 6.10 Å². The Balaban J connectivity index is 1.51. The molecular weight excluding hydrogens is 342 g/mol. The summed E-state index contributed by atoms with van der Waals surface area (Å²) in [4.78, 5) is 24.5. The number of nitrogens with zero attached hydrogens (tertiary/aromatic N) is 1. The van der Waals surface area contributed by atoms with Gasteiger partial charge in [-0.15, -0.1) is 0 Å². The van der Waals surface area contributed by atoms with E-state index in [4.69, 9.17) is 4.74 Å². The van der Waals surface area contributed by atoms with Gasteiger partial charge in [-0.2, -0.15) is 0 Å². The van der Waals surface area contributed by atoms with Crippen LogP contribution in [0.5, 0.6) is 5.75 Å². The number of fused-ring (bicyclic) bond motifs is 1. The lowest BCUT2D eigenvalue weighted by atomic mass is 10.2. The molecule has 0 saturated heterocycles. The van der Waals surface area contributed by atoms with Crippen molar-refractivity contribution in [3.8, 4) is 5.75 Å². The molecule has 0 fully saturated rings. The van der Waals surface area contributed by atoms with Gasteiger partial charge in [0.1, 0.15) is 11.4 Å². The van der Waals surface area contributed by atoms with Crippen LogP contribution >= 0.6 is 0 Å². The number of amides is 2. The minimum atomic E-state index is -0.529. The zero-order chi connectivity index (χ0) is 18.8. The molecule has 136 valence electrons. The van der Waals surface area contributed by atoms with Crippen LogP contribution in [-0.2, 0) is 11.3 Å². The normalized spacial score (nSPS) is 15.4. The minimum absolute atomic E-state index is 0.206. The molecule has 0 radical (unpaired) electrons. The number of hydrogen-bond donors (Lipinski definition) is 2. The molecule has 3 aromatic rings. The zero-order valence-corrected chi connectivity index (χ0v) is 14.8. The van der Waals surface area contributed by atoms with E-state index in [2.05, 4.69) is 10.6 Å². The Morgan fingerprint density at radius 3 is 2.78 bits per heavy atom. The summed E-state index contributed by atoms with van der Waals surface area (Å²) in [5.41, 5.74) is 2.82. The van der Waals surface area contributed by atoms with Crippen molar-refractivity contribution >= 4 is 23.2 Å². The quantitative estimate of drug-likeness (QED) is 0.747. The molecule has 6 heteroatoms. The number of anilines is 2. The van der Waals surface area contributed by atoms with Gasteiger partial charge < -0.3 is 19.9 Å². The van der Waals surface area contributed by atoms with Crippen molar-refractivity contribution < 1.29 is 14.3 Å². The number of hydrogen-bond acceptors (Lipinski definition) is 3. The van der Waals surface area contributed by atoms with Crippen molar-refractivity contribution in [2.45, 2.75) is 19.6 Å². The Labute approximate surface area is 156 Å². The van der Waals surface area contributed by atoms with Crippen molar-refractivity contribution in [1.29, 1.82) is 0 Å². The molecule has 0 saturated carbocycles. The summed E-state index contributed by atoms with van der Waals surface area (Å²) in [6, 6.07) is 18.8. The molecular formula is C21H19N3O3. The maximum Gasteiger partial charge on any atom is 0.272 e. The Morgan fingerprint density at radius 1 is 1.15 bits per heavy atom. The van der Waals surface area contributed by atoms with Gasteiger partial charge in [-0.05, 0) is 42.8 Å². The van der Waals surface area contributed by atoms with Gasteiger partial charge in [0.15, 0.2) is 6.10 Å². The van der Waals surface area contributed by atoms with Gasteiger partial charge in [0.25, 0.3) is 11.8 Å². The first-order chi connectivity index (χ1) is 13.1. The van der Waals surface area contributed by atoms with Crippen molar-refractivity contribution in [1.82, 2.24) is 4.57 Å². The average molecular weight is 361 g/mol. The minimum Gasteiger partial charge on any atom is -0.479 e. The molecule has 0 bridgehead atoms. The summed E-state index contributed by atoms with van der Waals surface area (Å²) in [5.74, 6) is 0.169. The number of carbonyl (C=O) groups excluding carboxylic acids is 2. The molecule has 1 atom stereocenters. The average Bonchev–Trinajstić information content (AvgIpc) is 3.12. The lowest BCUT2D eigenvalue weighted by Gasteiger charge is -2.23. The van der Waals surface area contributed by atoms with E-state index in [1.165, 1.54) is 0 Å². The third kappa shape index (κ3) is 3.55. The van der Waals surface area contributed by atoms with Crippen LogP contribution in [-0.4, -0.2) is 22.5 Å². The Kier molecular flexibility index (Phi) is 4.38. The molecule has 2 heterocycles. The largest absolute Gasteiger partial charge is 0.479 e. The van der Waals surface area contributed by atoms with Gasteiger partial charge in [0.05, 0.1) is 5.69 Å². The van der Waals surface area contributed by atoms with E-state index in [-0.39, 0.29) is 11.8 Å². The predicted molar refractivity (Wildman–Crippen MR) is 103 cm³/mol. The molecule has 0 spiro atoms. The smallest absolute Gasteiger partial charge is 0.272 e. The number of nitrogens with one attached hydrogen (secondary N) is 2. The highest BCUT2D eigenvalue weighted by Crippen LogP contribution is 2.32. The van der Waals surface area contributed by atoms with E-state index in [1.54, 1.807) is 31.2 Å². The van der Waals surface area contributed by atoms with Gasteiger partial charge in [-0.1, -0.05) is 30.3 Å². The Morgan fingerprint density at radius 2 is 1.96 bits per heavy atom. The highest BCUT2D eigenvalue weighted by Gasteiger charge is 2.23. The summed E-state index contributed by atoms with van der Waals surface area (Å²) in [7, 11) is 0. The lowest BCUT2D eigenvalue weighted by Crippen LogP contribution is -2.34. The van der Waals surface area contributed by atoms with Crippen LogP contribution in [0.25, 0.3) is 0 Å². The van der Waals surface area contributed by atoms with Crippen molar-refractivity contribution in [3.63, 3.8) is 0 Å². The van der Waals surface area contributed by atoms with E-state index >= 15 is 0 Å². The molecule has 4 rings (SSSR count). The number of rotatable bonds is 4. The second-order valence-corrected chi connectivity index (χ2v) is 6.42. The first-order valence-electron chi connectivity index (χ1n) is 8.72. The summed E-state index contributed by atoms with van der Waals surface area (Å²) < 4.78 is 7.43. The fourth-order valence-corrected chi connectivity index (χ4v) is 3.02. The molecule has 6 nitrogen and oxygen atoms in total. The van der Waals surface area contributed by atoms with Crippen molar-refractivity contribution in [3.05, 3.63) is 78.1 Å². The maximum atomic E-state index is 12.7. The monoisotopic (exact) mass is 361 g/mol. The van der Waals surface area contributed by atoms with Crippen molar-refractivity contribution in [2.24, 2.45) is 0 Å². The van der Waals surface area contributed by atoms with E-state index in [0.717, 1.165) is 5.56 Å². The SMILES string of the molecule is CC1Oc2ccc(NC(=O)c3cccn3Cc3ccccc3)cc2NC1=O. The lowest BCUT2D eigenvalue weighted by molar-refractivity contribution is -0.122. The molecule has 27 heavy (non-hydrogen) atoms. The van der Waals surface area contributed by atoms with E-state index in [0.29, 0.717) is 29.4 Å². The van der Waals surface area contributed by atoms with Crippen LogP contribution in [0.3, 0.4) is 0 Å². The van der Waals surface area contributed by atoms with Gasteiger partial charge in [0.2, 0.25) is 0 Å². The third-order valence-electron chi connectivity index (χ3n) is 4.43. The number of ether oxygens (including phenoxy) is 1. The fourth-order valence-electron chi connectivity index (χ4n) is 3.02. The summed E-state index contributed by atoms with van der Waals surface area (Å²) in [6.07, 6.45) is 1.35. The van der Waals surface area contributed by atoms with Crippen molar-refractivity contribution in [2.75, 3.05) is 10.6 Å². The predicted octanol–water partition coefficient (Wildman–Crippen LogP) is 3.51. The summed E-state index contributed by atoms with van der Waals surface area (Å²) in [6.45, 7) is 2.30. The highest BCUT2D eigenvalue weighted by molar-refractivity contribution is 6.04. The van der Waals surface area contributed by atoms with Gasteiger partial charge in [0, 0.05) is 18.4 Å². The zero-order valence-electron chi connectivity index (χ0n) is 14.8. The molecule has 2 amide bonds. The second-order valence-electron chi connectivity index (χ2n) is 6.42. The van der Waals surface area contributed by atoms with Crippen LogP contribution in [0.15, 0.2) is 66.9 Å². The topological polar surface area (TPSA) is 72.4 Å². The van der Waals surface area contributed by atoms with E-state index in [9.17, 15) is 9.59 Å². The number of benzene rings is 2. The Bertz CT molecular complexity index is 995. The van der Waals surface area contributed by atoms with Gasteiger partial charge >= 0.3 is 0 Å². The first-order valence-corrected chi connectivity index (χ1v) is 8.72. The highest BCUT2D eigenvalue weighted by atomic mass is 16.5. The molecule has 2 aromatic carbocycles. The van der Waals surface area contributed by atoms with Gasteiger partial charge in [-0.3, -0.25) is 9.59 Å². The van der Waals surface area contributed by atoms with Crippen LogP contribution in [0.4, 0.5) is 11.4 Å². The molecule has 2 N–H and O–H groups in total. The van der Waals surface area contributed by atoms with Crippen LogP contribution in [0.1, 0.15) is 23.0 Å². The molecule has 1 aliphatic heterocycles. The third-order valence-corrected chi connectivity index (χ3v) is 4.43. The number of carbonyl (C=O) groups is 2. The molecule has 0 aliphatic carbocycles. The maximum absolute atomic E-state index is 12.7. The molecule has 1 aromatic heterocycles. The van der Waals surface area contributed by atoms with Crippen LogP contribution in [0, 0.1) is 0 Å². The fraction of sp³-hybridized carbons (Fsp3) is 0.143. The van der Waals surface area contributed by atoms with Gasteiger partial charge in [-0.25, -0.2) is 0 Å².